The van der Waals surface area contributed by atoms with Gasteiger partial charge in [-0.2, -0.15) is 5.10 Å². The Balaban J connectivity index is 2.54. The molecule has 0 spiro atoms. The quantitative estimate of drug-likeness (QED) is 0.668. The van der Waals surface area contributed by atoms with Crippen molar-refractivity contribution in [3.8, 4) is 5.88 Å². The zero-order valence-electron chi connectivity index (χ0n) is 7.06. The molecule has 1 aromatic heterocycles. The van der Waals surface area contributed by atoms with E-state index in [0.29, 0.717) is 12.4 Å². The summed E-state index contributed by atoms with van der Waals surface area (Å²) in [7, 11) is -3.22. The van der Waals surface area contributed by atoms with E-state index in [2.05, 4.69) is 5.10 Å². The number of fused-ring (bicyclic) bond motifs is 1. The largest absolute Gasteiger partial charge is 0.472 e. The maximum absolute atomic E-state index is 11.2. The van der Waals surface area contributed by atoms with Crippen molar-refractivity contribution in [3.05, 3.63) is 6.20 Å². The molecule has 2 unspecified atom stereocenters. The summed E-state index contributed by atoms with van der Waals surface area (Å²) in [5, 5.41) is 9.11. The van der Waals surface area contributed by atoms with Gasteiger partial charge in [0.1, 0.15) is 20.9 Å². The summed E-state index contributed by atoms with van der Waals surface area (Å²) in [6, 6.07) is 0. The lowest BCUT2D eigenvalue weighted by molar-refractivity contribution is 0.248. The molecule has 2 heterocycles. The van der Waals surface area contributed by atoms with Crippen LogP contribution in [-0.4, -0.2) is 20.1 Å². The fraction of sp³-hybridized carbons (Fsp3) is 0.500. The fourth-order valence-corrected chi connectivity index (χ4v) is 1.90. The highest BCUT2D eigenvalue weighted by molar-refractivity contribution is 7.90. The zero-order chi connectivity index (χ0) is 9.64. The minimum atomic E-state index is -3.22. The van der Waals surface area contributed by atoms with Crippen LogP contribution in [0.4, 0.5) is 0 Å². The number of nitrogens with two attached hydrogens (primary N) is 1. The summed E-state index contributed by atoms with van der Waals surface area (Å²) in [6.07, 6.45) is 1.33. The van der Waals surface area contributed by atoms with Crippen LogP contribution in [0.25, 0.3) is 0 Å². The Bertz CT molecular complexity index is 435. The predicted octanol–water partition coefficient (Wildman–Crippen LogP) is -0.0566. The van der Waals surface area contributed by atoms with Crippen LogP contribution < -0.4 is 9.88 Å². The number of nitrogens with one attached hydrogen (secondary N) is 1. The van der Waals surface area contributed by atoms with Crippen LogP contribution >= 0.6 is 0 Å². The molecule has 0 amide bonds. The molecule has 3 N–H and O–H groups in total. The molecule has 1 aromatic rings. The number of ether oxygens (including phenoxy) is 1. The monoisotopic (exact) mass is 202 g/mol. The van der Waals surface area contributed by atoms with E-state index in [1.807, 2.05) is 6.92 Å². The molecule has 0 aliphatic carbocycles. The first-order chi connectivity index (χ1) is 5.98. The highest BCUT2D eigenvalue weighted by atomic mass is 32.2. The third-order valence-electron chi connectivity index (χ3n) is 1.83. The van der Waals surface area contributed by atoms with E-state index in [1.165, 1.54) is 6.20 Å². The lowest BCUT2D eigenvalue weighted by Gasteiger charge is -2.02. The van der Waals surface area contributed by atoms with Crippen LogP contribution in [0.3, 0.4) is 0 Å². The van der Waals surface area contributed by atoms with Crippen LogP contribution in [0, 0.1) is 4.78 Å². The molecule has 0 radical (unpaired) electrons. The first-order valence-electron chi connectivity index (χ1n) is 3.77. The van der Waals surface area contributed by atoms with Gasteiger partial charge < -0.3 is 4.74 Å². The second-order valence-electron chi connectivity index (χ2n) is 3.03. The lowest BCUT2D eigenvalue weighted by atomic mass is 10.4. The number of aromatic nitrogens is 2. The Morgan fingerprint density at radius 3 is 3.23 bits per heavy atom. The van der Waals surface area contributed by atoms with E-state index in [-0.39, 0.29) is 11.0 Å². The summed E-state index contributed by atoms with van der Waals surface area (Å²) in [6.45, 7) is 2.49. The van der Waals surface area contributed by atoms with E-state index < -0.39 is 9.92 Å². The van der Waals surface area contributed by atoms with Crippen molar-refractivity contribution in [2.45, 2.75) is 24.5 Å². The van der Waals surface area contributed by atoms with Gasteiger partial charge in [-0.05, 0) is 6.92 Å². The summed E-state index contributed by atoms with van der Waals surface area (Å²) < 4.78 is 25.3. The lowest BCUT2D eigenvalue weighted by Crippen LogP contribution is -2.12. The molecule has 0 saturated carbocycles. The summed E-state index contributed by atoms with van der Waals surface area (Å²) in [4.78, 5) is 0.178. The highest BCUT2D eigenvalue weighted by Crippen LogP contribution is 2.28. The molecule has 7 heteroatoms. The smallest absolute Gasteiger partial charge is 0.231 e. The molecule has 0 aromatic carbocycles. The molecule has 13 heavy (non-hydrogen) atoms. The van der Waals surface area contributed by atoms with Gasteiger partial charge in [-0.3, -0.25) is 0 Å². The van der Waals surface area contributed by atoms with Gasteiger partial charge in [0, 0.05) is 0 Å². The maximum atomic E-state index is 11.2. The second kappa shape index (κ2) is 2.46. The van der Waals surface area contributed by atoms with Crippen LogP contribution in [0.15, 0.2) is 11.1 Å². The molecule has 0 fully saturated rings. The van der Waals surface area contributed by atoms with Crippen molar-refractivity contribution in [3.63, 3.8) is 0 Å². The van der Waals surface area contributed by atoms with E-state index in [4.69, 9.17) is 14.7 Å². The standard InChI is InChI=1S/C6H10N4O2S/c1-4-3-10-6(12-4)5(2-9-10)13(7,8)11/h2,4H,3H2,1H3,(H3,7,8,11). The van der Waals surface area contributed by atoms with Crippen LogP contribution in [-0.2, 0) is 16.5 Å². The van der Waals surface area contributed by atoms with Crippen molar-refractivity contribution >= 4 is 9.92 Å². The second-order valence-corrected chi connectivity index (χ2v) is 4.67. The van der Waals surface area contributed by atoms with Gasteiger partial charge in [0.25, 0.3) is 0 Å². The molecule has 0 saturated heterocycles. The molecular formula is C6H10N4O2S. The minimum Gasteiger partial charge on any atom is -0.472 e. The first kappa shape index (κ1) is 8.52. The fourth-order valence-electron chi connectivity index (χ4n) is 1.29. The van der Waals surface area contributed by atoms with Crippen molar-refractivity contribution in [2.75, 3.05) is 0 Å². The van der Waals surface area contributed by atoms with Gasteiger partial charge in [0.2, 0.25) is 5.88 Å². The van der Waals surface area contributed by atoms with Crippen molar-refractivity contribution in [2.24, 2.45) is 5.14 Å². The molecule has 1 aliphatic rings. The third kappa shape index (κ3) is 1.29. The Labute approximate surface area is 75.8 Å². The van der Waals surface area contributed by atoms with Crippen LogP contribution in [0.5, 0.6) is 5.88 Å². The van der Waals surface area contributed by atoms with Gasteiger partial charge in [0.05, 0.1) is 12.7 Å². The summed E-state index contributed by atoms with van der Waals surface area (Å²) in [5.74, 6) is 0.370. The maximum Gasteiger partial charge on any atom is 0.231 e. The minimum absolute atomic E-state index is 0.00389. The van der Waals surface area contributed by atoms with E-state index in [1.54, 1.807) is 4.68 Å². The van der Waals surface area contributed by atoms with E-state index in [0.717, 1.165) is 0 Å². The number of nitrogens with zero attached hydrogens (tertiary/aromatic N) is 2. The Hall–Kier alpha value is -1.08. The molecule has 72 valence electrons. The topological polar surface area (TPSA) is 94.0 Å². The van der Waals surface area contributed by atoms with Crippen LogP contribution in [0.2, 0.25) is 0 Å². The third-order valence-corrected chi connectivity index (χ3v) is 2.76. The van der Waals surface area contributed by atoms with E-state index >= 15 is 0 Å². The van der Waals surface area contributed by atoms with E-state index in [9.17, 15) is 4.21 Å². The number of hydrogen-bond donors (Lipinski definition) is 2. The summed E-state index contributed by atoms with van der Waals surface area (Å²) >= 11 is 0. The average molecular weight is 202 g/mol. The van der Waals surface area contributed by atoms with Gasteiger partial charge in [-0.15, -0.1) is 0 Å². The van der Waals surface area contributed by atoms with Crippen molar-refractivity contribution < 1.29 is 8.95 Å². The molecule has 1 aliphatic heterocycles. The molecule has 2 rings (SSSR count). The molecular weight excluding hydrogens is 192 g/mol. The highest BCUT2D eigenvalue weighted by Gasteiger charge is 2.26. The van der Waals surface area contributed by atoms with Gasteiger partial charge in [0.15, 0.2) is 0 Å². The Morgan fingerprint density at radius 2 is 2.62 bits per heavy atom. The normalized spacial score (nSPS) is 24.9. The first-order valence-corrected chi connectivity index (χ1v) is 5.39. The number of rotatable bonds is 1. The SMILES string of the molecule is CC1Cn2ncc(S(=N)(N)=O)c2O1. The van der Waals surface area contributed by atoms with Crippen molar-refractivity contribution in [1.82, 2.24) is 9.78 Å². The molecule has 0 bridgehead atoms. The number of hydrogen-bond acceptors (Lipinski definition) is 4. The van der Waals surface area contributed by atoms with Gasteiger partial charge >= 0.3 is 0 Å². The Morgan fingerprint density at radius 1 is 1.92 bits per heavy atom. The molecule has 6 nitrogen and oxygen atoms in total. The molecule has 2 atom stereocenters. The van der Waals surface area contributed by atoms with Gasteiger partial charge in [-0.1, -0.05) is 0 Å². The Kier molecular flexibility index (Phi) is 1.61. The zero-order valence-corrected chi connectivity index (χ0v) is 7.87. The average Bonchev–Trinajstić information content (AvgIpc) is 2.41. The summed E-state index contributed by atoms with van der Waals surface area (Å²) in [5.41, 5.74) is 0. The van der Waals surface area contributed by atoms with Crippen LogP contribution in [0.1, 0.15) is 6.92 Å². The predicted molar refractivity (Wildman–Crippen MR) is 45.6 cm³/mol. The van der Waals surface area contributed by atoms with Gasteiger partial charge in [-0.25, -0.2) is 18.8 Å². The van der Waals surface area contributed by atoms with Crippen molar-refractivity contribution in [1.29, 1.82) is 4.78 Å².